The number of hydrogen-bond donors (Lipinski definition) is 1. The van der Waals surface area contributed by atoms with Gasteiger partial charge in [0.25, 0.3) is 19.7 Å². The molecule has 1 rings (SSSR count). The number of aromatic hydroxyl groups is 1. The lowest BCUT2D eigenvalue weighted by Crippen LogP contribution is -2.34. The van der Waals surface area contributed by atoms with Crippen molar-refractivity contribution in [2.75, 3.05) is 6.61 Å². The second kappa shape index (κ2) is 6.98. The van der Waals surface area contributed by atoms with E-state index in [0.717, 1.165) is 6.07 Å². The van der Waals surface area contributed by atoms with Crippen LogP contribution in [0.15, 0.2) is 22.4 Å². The highest BCUT2D eigenvalue weighted by Gasteiger charge is 2.59. The van der Waals surface area contributed by atoms with Gasteiger partial charge in [0, 0.05) is 0 Å². The number of benzene rings is 1. The number of alkyl halides is 6. The number of ether oxygens (including phenoxy) is 1. The molecule has 0 radical (unpaired) electrons. The molecule has 0 heterocycles. The first-order valence-corrected chi connectivity index (χ1v) is 9.32. The van der Waals surface area contributed by atoms with Gasteiger partial charge in [0.05, 0.1) is 6.61 Å². The van der Waals surface area contributed by atoms with Crippen molar-refractivity contribution in [1.29, 1.82) is 0 Å². The van der Waals surface area contributed by atoms with Gasteiger partial charge in [-0.15, -0.1) is 0 Å². The quantitative estimate of drug-likeness (QED) is 0.725. The molecule has 14 heteroatoms. The van der Waals surface area contributed by atoms with Gasteiger partial charge in [0.15, 0.2) is 15.7 Å². The Morgan fingerprint density at radius 2 is 1.50 bits per heavy atom. The number of phenols is 1. The molecular formula is C12H10F6O6S2. The second-order valence-corrected chi connectivity index (χ2v) is 8.60. The highest BCUT2D eigenvalue weighted by atomic mass is 32.3. The van der Waals surface area contributed by atoms with Gasteiger partial charge in [-0.3, -0.25) is 0 Å². The summed E-state index contributed by atoms with van der Waals surface area (Å²) >= 11 is 0. The SMILES string of the molecule is CCOc1cc(C=C(S(=O)(=O)C(F)(F)F)S(=O)(=O)C(F)(F)F)ccc1O. The zero-order valence-corrected chi connectivity index (χ0v) is 14.2. The molecule has 0 unspecified atom stereocenters. The summed E-state index contributed by atoms with van der Waals surface area (Å²) in [5.41, 5.74) is -13.3. The van der Waals surface area contributed by atoms with Gasteiger partial charge in [0.1, 0.15) is 0 Å². The second-order valence-electron chi connectivity index (χ2n) is 4.52. The van der Waals surface area contributed by atoms with E-state index in [1.807, 2.05) is 0 Å². The predicted molar refractivity (Wildman–Crippen MR) is 77.2 cm³/mol. The number of halogens is 6. The molecule has 0 atom stereocenters. The van der Waals surface area contributed by atoms with Crippen LogP contribution in [0.1, 0.15) is 12.5 Å². The fourth-order valence-electron chi connectivity index (χ4n) is 1.56. The van der Waals surface area contributed by atoms with Crippen molar-refractivity contribution in [2.45, 2.75) is 17.9 Å². The van der Waals surface area contributed by atoms with Crippen molar-refractivity contribution in [2.24, 2.45) is 0 Å². The average molecular weight is 428 g/mol. The summed E-state index contributed by atoms with van der Waals surface area (Å²) in [7, 11) is -13.7. The molecule has 0 bridgehead atoms. The minimum absolute atomic E-state index is 0.0602. The third-order valence-corrected chi connectivity index (χ3v) is 6.54. The van der Waals surface area contributed by atoms with E-state index in [4.69, 9.17) is 4.74 Å². The van der Waals surface area contributed by atoms with E-state index >= 15 is 0 Å². The molecule has 0 aliphatic rings. The average Bonchev–Trinajstić information content (AvgIpc) is 2.45. The van der Waals surface area contributed by atoms with Gasteiger partial charge in [-0.25, -0.2) is 16.8 Å². The highest BCUT2D eigenvalue weighted by Crippen LogP contribution is 2.40. The van der Waals surface area contributed by atoms with Crippen LogP contribution < -0.4 is 4.74 Å². The Labute approximate surface area is 143 Å². The predicted octanol–water partition coefficient (Wildman–Crippen LogP) is 2.96. The van der Waals surface area contributed by atoms with Crippen LogP contribution in [0.2, 0.25) is 0 Å². The van der Waals surface area contributed by atoms with E-state index in [9.17, 15) is 48.3 Å². The van der Waals surface area contributed by atoms with Crippen LogP contribution in [0.4, 0.5) is 26.3 Å². The molecule has 1 aromatic carbocycles. The summed E-state index contributed by atoms with van der Waals surface area (Å²) in [6.07, 6.45) is -0.312. The molecule has 26 heavy (non-hydrogen) atoms. The van der Waals surface area contributed by atoms with E-state index in [1.54, 1.807) is 0 Å². The first-order chi connectivity index (χ1) is 11.6. The molecule has 1 aromatic rings. The lowest BCUT2D eigenvalue weighted by atomic mass is 10.2. The first kappa shape index (κ1) is 22.1. The van der Waals surface area contributed by atoms with Gasteiger partial charge in [0.2, 0.25) is 0 Å². The van der Waals surface area contributed by atoms with Crippen molar-refractivity contribution in [3.05, 3.63) is 28.0 Å². The van der Waals surface area contributed by atoms with Crippen LogP contribution in [0, 0.1) is 0 Å². The van der Waals surface area contributed by atoms with Crippen LogP contribution in [0.25, 0.3) is 6.08 Å². The van der Waals surface area contributed by atoms with Crippen molar-refractivity contribution in [1.82, 2.24) is 0 Å². The van der Waals surface area contributed by atoms with Crippen molar-refractivity contribution in [3.8, 4) is 11.5 Å². The molecule has 1 N–H and O–H groups in total. The van der Waals surface area contributed by atoms with Gasteiger partial charge >= 0.3 is 11.0 Å². The number of sulfone groups is 2. The van der Waals surface area contributed by atoms with Crippen LogP contribution in [-0.2, 0) is 19.7 Å². The topological polar surface area (TPSA) is 97.7 Å². The molecule has 0 fully saturated rings. The van der Waals surface area contributed by atoms with Crippen LogP contribution in [-0.4, -0.2) is 39.6 Å². The highest BCUT2D eigenvalue weighted by molar-refractivity contribution is 8.15. The summed E-state index contributed by atoms with van der Waals surface area (Å²) in [6, 6.07) is 2.15. The standard InChI is InChI=1S/C12H10F6O6S2/c1-2-24-9-5-7(3-4-8(9)19)6-10(25(20,21)11(13,14)15)26(22,23)12(16,17)18/h3-6,19H,2H2,1H3. The minimum Gasteiger partial charge on any atom is -0.504 e. The number of rotatable bonds is 5. The van der Waals surface area contributed by atoms with E-state index < -0.39 is 52.0 Å². The largest absolute Gasteiger partial charge is 0.504 e. The molecule has 0 aromatic heterocycles. The Kier molecular flexibility index (Phi) is 5.93. The summed E-state index contributed by atoms with van der Waals surface area (Å²) < 4.78 is 123. The van der Waals surface area contributed by atoms with Crippen molar-refractivity contribution in [3.63, 3.8) is 0 Å². The van der Waals surface area contributed by atoms with Crippen LogP contribution in [0.3, 0.4) is 0 Å². The Balaban J connectivity index is 3.79. The lowest BCUT2D eigenvalue weighted by Gasteiger charge is -2.14. The van der Waals surface area contributed by atoms with Crippen molar-refractivity contribution >= 4 is 25.8 Å². The van der Waals surface area contributed by atoms with Gasteiger partial charge in [-0.2, -0.15) is 26.3 Å². The molecule has 0 aliphatic heterocycles. The zero-order chi connectivity index (χ0) is 20.6. The maximum absolute atomic E-state index is 12.6. The molecule has 0 spiro atoms. The van der Waals surface area contributed by atoms with Crippen LogP contribution >= 0.6 is 0 Å². The van der Waals surface area contributed by atoms with Gasteiger partial charge < -0.3 is 9.84 Å². The summed E-state index contributed by atoms with van der Waals surface area (Å²) in [4.78, 5) is 0. The van der Waals surface area contributed by atoms with Crippen LogP contribution in [0.5, 0.6) is 11.5 Å². The molecule has 148 valence electrons. The summed E-state index contributed by atoms with van der Waals surface area (Å²) in [6.45, 7) is 1.38. The van der Waals surface area contributed by atoms with E-state index in [-0.39, 0.29) is 12.7 Å². The van der Waals surface area contributed by atoms with Gasteiger partial charge in [-0.05, 0) is 30.7 Å². The third kappa shape index (κ3) is 4.23. The lowest BCUT2D eigenvalue weighted by molar-refractivity contribution is -0.0443. The minimum atomic E-state index is -6.86. The molecule has 0 aliphatic carbocycles. The number of phenolic OH excluding ortho intramolecular Hbond substituents is 1. The maximum atomic E-state index is 12.6. The third-order valence-electron chi connectivity index (χ3n) is 2.71. The Hall–Kier alpha value is -1.96. The molecule has 6 nitrogen and oxygen atoms in total. The smallest absolute Gasteiger partial charge is 0.502 e. The van der Waals surface area contributed by atoms with Crippen molar-refractivity contribution < 1.29 is 53.0 Å². The summed E-state index contributed by atoms with van der Waals surface area (Å²) in [5, 5.41) is 9.44. The molecule has 0 amide bonds. The maximum Gasteiger partial charge on any atom is 0.502 e. The fourth-order valence-corrected chi connectivity index (χ4v) is 4.32. The number of hydrogen-bond acceptors (Lipinski definition) is 6. The summed E-state index contributed by atoms with van der Waals surface area (Å²) in [5.74, 6) is -0.961. The van der Waals surface area contributed by atoms with Gasteiger partial charge in [-0.1, -0.05) is 6.07 Å². The Bertz CT molecular complexity index is 867. The zero-order valence-electron chi connectivity index (χ0n) is 12.6. The molecule has 0 saturated heterocycles. The normalized spacial score (nSPS) is 13.3. The van der Waals surface area contributed by atoms with E-state index in [2.05, 4.69) is 0 Å². The first-order valence-electron chi connectivity index (χ1n) is 6.36. The molecular weight excluding hydrogens is 418 g/mol. The monoisotopic (exact) mass is 428 g/mol. The van der Waals surface area contributed by atoms with E-state index in [0.29, 0.717) is 12.1 Å². The Morgan fingerprint density at radius 3 is 1.88 bits per heavy atom. The van der Waals surface area contributed by atoms with E-state index in [1.165, 1.54) is 6.92 Å². The Morgan fingerprint density at radius 1 is 1.04 bits per heavy atom. The fraction of sp³-hybridized carbons (Fsp3) is 0.333. The molecule has 0 saturated carbocycles.